The lowest BCUT2D eigenvalue weighted by atomic mass is 10.1. The molecule has 0 radical (unpaired) electrons. The van der Waals surface area contributed by atoms with Crippen LogP contribution in [0, 0.1) is 11.3 Å². The Morgan fingerprint density at radius 1 is 1.27 bits per heavy atom. The Balaban J connectivity index is 0.000000980. The average Bonchev–Trinajstić information content (AvgIpc) is 2.12. The van der Waals surface area contributed by atoms with Crippen molar-refractivity contribution in [3.05, 3.63) is 29.8 Å². The fourth-order valence-electron chi connectivity index (χ4n) is 1.32. The van der Waals surface area contributed by atoms with Gasteiger partial charge < -0.3 is 10.6 Å². The molecule has 82 valence electrons. The maximum atomic E-state index is 8.82. The predicted molar refractivity (Wildman–Crippen MR) is 65.9 cm³/mol. The van der Waals surface area contributed by atoms with Crippen molar-refractivity contribution in [2.75, 3.05) is 18.4 Å². The molecule has 2 N–H and O–H groups in total. The van der Waals surface area contributed by atoms with Crippen LogP contribution in [0.2, 0.25) is 0 Å². The molecule has 0 spiro atoms. The molecule has 1 aromatic carbocycles. The predicted octanol–water partition coefficient (Wildman–Crippen LogP) is 1.79. The van der Waals surface area contributed by atoms with Crippen LogP contribution in [0.15, 0.2) is 24.3 Å². The minimum Gasteiger partial charge on any atom is -0.379 e. The molecule has 0 aromatic heterocycles. The van der Waals surface area contributed by atoms with E-state index in [9.17, 15) is 0 Å². The quantitative estimate of drug-likeness (QED) is 0.836. The third-order valence-corrected chi connectivity index (χ3v) is 2.19. The van der Waals surface area contributed by atoms with Crippen molar-refractivity contribution < 1.29 is 0 Å². The van der Waals surface area contributed by atoms with E-state index in [1.165, 1.54) is 0 Å². The molecule has 1 fully saturated rings. The second-order valence-electron chi connectivity index (χ2n) is 3.16. The van der Waals surface area contributed by atoms with E-state index in [4.69, 9.17) is 5.26 Å². The Bertz CT molecular complexity index is 345. The summed E-state index contributed by atoms with van der Waals surface area (Å²) in [7, 11) is 0. The van der Waals surface area contributed by atoms with Crippen LogP contribution < -0.4 is 10.6 Å². The molecule has 1 aromatic rings. The Morgan fingerprint density at radius 2 is 1.93 bits per heavy atom. The molecule has 2 rings (SSSR count). The summed E-state index contributed by atoms with van der Waals surface area (Å²) in [5.74, 6) is 0. The highest BCUT2D eigenvalue weighted by Gasteiger charge is 2.16. The highest BCUT2D eigenvalue weighted by Crippen LogP contribution is 2.15. The minimum absolute atomic E-state index is 0. The maximum Gasteiger partial charge on any atom is 0.101 e. The number of para-hydroxylation sites is 1. The molecule has 15 heavy (non-hydrogen) atoms. The van der Waals surface area contributed by atoms with Gasteiger partial charge in [0, 0.05) is 13.1 Å². The summed E-state index contributed by atoms with van der Waals surface area (Å²) in [5, 5.41) is 15.3. The first-order valence-electron chi connectivity index (χ1n) is 4.36. The van der Waals surface area contributed by atoms with Crippen molar-refractivity contribution >= 4 is 30.5 Å². The zero-order valence-electron chi connectivity index (χ0n) is 8.06. The molecule has 0 bridgehead atoms. The van der Waals surface area contributed by atoms with E-state index in [0.717, 1.165) is 24.3 Å². The molecule has 1 aliphatic rings. The van der Waals surface area contributed by atoms with Gasteiger partial charge in [-0.3, -0.25) is 0 Å². The SMILES string of the molecule is Cl.Cl.N#Cc1ccccc1NC1CNC1. The zero-order valence-corrected chi connectivity index (χ0v) is 9.70. The Kier molecular flexibility index (Phi) is 6.11. The number of benzene rings is 1. The van der Waals surface area contributed by atoms with Crippen LogP contribution in [0.25, 0.3) is 0 Å². The van der Waals surface area contributed by atoms with Crippen molar-refractivity contribution in [2.24, 2.45) is 0 Å². The van der Waals surface area contributed by atoms with Crippen molar-refractivity contribution in [1.29, 1.82) is 5.26 Å². The third-order valence-electron chi connectivity index (χ3n) is 2.19. The number of halogens is 2. The van der Waals surface area contributed by atoms with Crippen molar-refractivity contribution in [2.45, 2.75) is 6.04 Å². The molecule has 5 heteroatoms. The van der Waals surface area contributed by atoms with E-state index in [-0.39, 0.29) is 24.8 Å². The summed E-state index contributed by atoms with van der Waals surface area (Å²) in [6.07, 6.45) is 0. The number of nitrogens with zero attached hydrogens (tertiary/aromatic N) is 1. The van der Waals surface area contributed by atoms with Crippen molar-refractivity contribution in [3.63, 3.8) is 0 Å². The van der Waals surface area contributed by atoms with E-state index in [1.54, 1.807) is 0 Å². The van der Waals surface area contributed by atoms with Gasteiger partial charge in [-0.2, -0.15) is 5.26 Å². The first-order valence-corrected chi connectivity index (χ1v) is 4.36. The average molecular weight is 246 g/mol. The number of hydrogen-bond donors (Lipinski definition) is 2. The first-order chi connectivity index (χ1) is 6.40. The number of anilines is 1. The number of nitriles is 1. The fraction of sp³-hybridized carbons (Fsp3) is 0.300. The van der Waals surface area contributed by atoms with Gasteiger partial charge in [0.25, 0.3) is 0 Å². The van der Waals surface area contributed by atoms with Gasteiger partial charge in [-0.25, -0.2) is 0 Å². The summed E-state index contributed by atoms with van der Waals surface area (Å²) in [6.45, 7) is 1.97. The van der Waals surface area contributed by atoms with Gasteiger partial charge in [0.15, 0.2) is 0 Å². The number of rotatable bonds is 2. The van der Waals surface area contributed by atoms with E-state index >= 15 is 0 Å². The summed E-state index contributed by atoms with van der Waals surface area (Å²) in [5.41, 5.74) is 1.66. The molecule has 0 atom stereocenters. The zero-order chi connectivity index (χ0) is 9.10. The van der Waals surface area contributed by atoms with Crippen LogP contribution in [-0.4, -0.2) is 19.1 Å². The summed E-state index contributed by atoms with van der Waals surface area (Å²) >= 11 is 0. The summed E-state index contributed by atoms with van der Waals surface area (Å²) in [6, 6.07) is 10.2. The van der Waals surface area contributed by atoms with E-state index in [1.807, 2.05) is 24.3 Å². The van der Waals surface area contributed by atoms with Crippen LogP contribution in [0.4, 0.5) is 5.69 Å². The van der Waals surface area contributed by atoms with Gasteiger partial charge in [-0.15, -0.1) is 24.8 Å². The molecule has 1 saturated heterocycles. The first kappa shape index (κ1) is 14.1. The topological polar surface area (TPSA) is 47.9 Å². The lowest BCUT2D eigenvalue weighted by molar-refractivity contribution is 0.472. The van der Waals surface area contributed by atoms with Crippen molar-refractivity contribution in [3.8, 4) is 6.07 Å². The van der Waals surface area contributed by atoms with Crippen LogP contribution in [0.3, 0.4) is 0 Å². The second-order valence-corrected chi connectivity index (χ2v) is 3.16. The second kappa shape index (κ2) is 6.52. The van der Waals surface area contributed by atoms with E-state index in [2.05, 4.69) is 16.7 Å². The van der Waals surface area contributed by atoms with Gasteiger partial charge >= 0.3 is 0 Å². The normalized spacial score (nSPS) is 13.8. The molecule has 0 saturated carbocycles. The van der Waals surface area contributed by atoms with Gasteiger partial charge in [-0.05, 0) is 12.1 Å². The molecule has 1 heterocycles. The van der Waals surface area contributed by atoms with E-state index in [0.29, 0.717) is 6.04 Å². The molecule has 1 aliphatic heterocycles. The van der Waals surface area contributed by atoms with E-state index < -0.39 is 0 Å². The standard InChI is InChI=1S/C10H11N3.2ClH/c11-5-8-3-1-2-4-10(8)13-9-6-12-7-9;;/h1-4,9,12-13H,6-7H2;2*1H. The number of nitrogens with one attached hydrogen (secondary N) is 2. The highest BCUT2D eigenvalue weighted by atomic mass is 35.5. The summed E-state index contributed by atoms with van der Waals surface area (Å²) in [4.78, 5) is 0. The van der Waals surface area contributed by atoms with Crippen LogP contribution in [0.5, 0.6) is 0 Å². The van der Waals surface area contributed by atoms with Crippen LogP contribution >= 0.6 is 24.8 Å². The molecular weight excluding hydrogens is 233 g/mol. The Labute approximate surface area is 102 Å². The third kappa shape index (κ3) is 3.28. The lowest BCUT2D eigenvalue weighted by Gasteiger charge is -2.29. The number of hydrogen-bond acceptors (Lipinski definition) is 3. The highest BCUT2D eigenvalue weighted by molar-refractivity contribution is 5.85. The molecule has 0 aliphatic carbocycles. The van der Waals surface area contributed by atoms with Crippen molar-refractivity contribution in [1.82, 2.24) is 5.32 Å². The Hall–Kier alpha value is -0.950. The lowest BCUT2D eigenvalue weighted by Crippen LogP contribution is -2.51. The van der Waals surface area contributed by atoms with Gasteiger partial charge in [0.1, 0.15) is 6.07 Å². The van der Waals surface area contributed by atoms with Crippen LogP contribution in [-0.2, 0) is 0 Å². The van der Waals surface area contributed by atoms with Crippen LogP contribution in [0.1, 0.15) is 5.56 Å². The molecule has 0 unspecified atom stereocenters. The maximum absolute atomic E-state index is 8.82. The van der Waals surface area contributed by atoms with Gasteiger partial charge in [0.05, 0.1) is 17.3 Å². The Morgan fingerprint density at radius 3 is 2.47 bits per heavy atom. The molecule has 0 amide bonds. The van der Waals surface area contributed by atoms with Gasteiger partial charge in [-0.1, -0.05) is 12.1 Å². The fourth-order valence-corrected chi connectivity index (χ4v) is 1.32. The van der Waals surface area contributed by atoms with Gasteiger partial charge in [0.2, 0.25) is 0 Å². The summed E-state index contributed by atoms with van der Waals surface area (Å²) < 4.78 is 0. The minimum atomic E-state index is 0. The smallest absolute Gasteiger partial charge is 0.101 e. The molecule has 3 nitrogen and oxygen atoms in total. The monoisotopic (exact) mass is 245 g/mol. The largest absolute Gasteiger partial charge is 0.379 e. The molecular formula is C10H13Cl2N3.